The molecular weight excluding hydrogens is 291 g/mol. The van der Waals surface area contributed by atoms with Gasteiger partial charge in [-0.1, -0.05) is 34.5 Å². The summed E-state index contributed by atoms with van der Waals surface area (Å²) in [5, 5.41) is 11.7. The van der Waals surface area contributed by atoms with Gasteiger partial charge in [-0.05, 0) is 24.6 Å². The molecule has 0 aliphatic heterocycles. The van der Waals surface area contributed by atoms with Crippen LogP contribution >= 0.6 is 27.5 Å². The topological polar surface area (TPSA) is 52.9 Å². The normalized spacial score (nSPS) is 11.6. The van der Waals surface area contributed by atoms with Gasteiger partial charge in [-0.15, -0.1) is 0 Å². The van der Waals surface area contributed by atoms with Gasteiger partial charge in [-0.2, -0.15) is 5.26 Å². The van der Waals surface area contributed by atoms with E-state index in [9.17, 15) is 4.79 Å². The van der Waals surface area contributed by atoms with Crippen LogP contribution in [0.25, 0.3) is 0 Å². The number of amides is 1. The van der Waals surface area contributed by atoms with E-state index in [0.717, 1.165) is 4.47 Å². The van der Waals surface area contributed by atoms with Crippen molar-refractivity contribution >= 4 is 33.4 Å². The number of carbonyl (C=O) groups excluding carboxylic acids is 1. The standard InChI is InChI=1S/C11H10BrClN2O/c1-2-8(6-14)15-11(16)9-4-3-7(12)5-10(9)13/h3-5,8H,2H2,1H3,(H,15,16). The molecule has 1 N–H and O–H groups in total. The third-order valence-electron chi connectivity index (χ3n) is 2.05. The van der Waals surface area contributed by atoms with E-state index in [-0.39, 0.29) is 5.91 Å². The molecule has 0 aromatic heterocycles. The van der Waals surface area contributed by atoms with E-state index >= 15 is 0 Å². The van der Waals surface area contributed by atoms with Crippen LogP contribution < -0.4 is 5.32 Å². The lowest BCUT2D eigenvalue weighted by atomic mass is 10.2. The number of carbonyl (C=O) groups is 1. The predicted molar refractivity (Wildman–Crippen MR) is 66.3 cm³/mol. The van der Waals surface area contributed by atoms with Gasteiger partial charge in [0, 0.05) is 4.47 Å². The van der Waals surface area contributed by atoms with E-state index in [2.05, 4.69) is 21.2 Å². The van der Waals surface area contributed by atoms with E-state index in [1.165, 1.54) is 0 Å². The fourth-order valence-electron chi connectivity index (χ4n) is 1.14. The molecule has 0 heterocycles. The first-order chi connectivity index (χ1) is 7.58. The summed E-state index contributed by atoms with van der Waals surface area (Å²) in [6.45, 7) is 1.83. The van der Waals surface area contributed by atoms with Crippen LogP contribution in [0.1, 0.15) is 23.7 Å². The van der Waals surface area contributed by atoms with E-state index in [4.69, 9.17) is 16.9 Å². The number of benzene rings is 1. The Hall–Kier alpha value is -1.05. The van der Waals surface area contributed by atoms with Crippen LogP contribution in [0.3, 0.4) is 0 Å². The summed E-state index contributed by atoms with van der Waals surface area (Å²) in [6.07, 6.45) is 0.566. The van der Waals surface area contributed by atoms with Gasteiger partial charge in [-0.3, -0.25) is 4.79 Å². The van der Waals surface area contributed by atoms with Gasteiger partial charge in [0.15, 0.2) is 0 Å². The molecule has 1 atom stereocenters. The summed E-state index contributed by atoms with van der Waals surface area (Å²) >= 11 is 9.18. The van der Waals surface area contributed by atoms with Crippen molar-refractivity contribution in [3.05, 3.63) is 33.3 Å². The van der Waals surface area contributed by atoms with Gasteiger partial charge < -0.3 is 5.32 Å². The molecule has 1 aromatic carbocycles. The molecule has 0 radical (unpaired) electrons. The van der Waals surface area contributed by atoms with Crippen LogP contribution in [0.4, 0.5) is 0 Å². The summed E-state index contributed by atoms with van der Waals surface area (Å²) in [7, 11) is 0. The van der Waals surface area contributed by atoms with Crippen LogP contribution in [0.15, 0.2) is 22.7 Å². The van der Waals surface area contributed by atoms with Crippen molar-refractivity contribution < 1.29 is 4.79 Å². The van der Waals surface area contributed by atoms with Crippen LogP contribution in [0.5, 0.6) is 0 Å². The minimum atomic E-state index is -0.479. The van der Waals surface area contributed by atoms with Crippen molar-refractivity contribution in [2.45, 2.75) is 19.4 Å². The zero-order chi connectivity index (χ0) is 12.1. The van der Waals surface area contributed by atoms with E-state index in [0.29, 0.717) is 17.0 Å². The highest BCUT2D eigenvalue weighted by Crippen LogP contribution is 2.21. The molecule has 0 aliphatic rings. The van der Waals surface area contributed by atoms with E-state index < -0.39 is 6.04 Å². The van der Waals surface area contributed by atoms with Crippen molar-refractivity contribution in [2.75, 3.05) is 0 Å². The predicted octanol–water partition coefficient (Wildman–Crippen LogP) is 3.13. The van der Waals surface area contributed by atoms with Gasteiger partial charge in [-0.25, -0.2) is 0 Å². The van der Waals surface area contributed by atoms with Crippen molar-refractivity contribution in [3.63, 3.8) is 0 Å². The Morgan fingerprint density at radius 1 is 1.69 bits per heavy atom. The van der Waals surface area contributed by atoms with Crippen molar-refractivity contribution in [1.29, 1.82) is 5.26 Å². The summed E-state index contributed by atoms with van der Waals surface area (Å²) in [6, 6.07) is 6.51. The lowest BCUT2D eigenvalue weighted by Gasteiger charge is -2.10. The molecule has 0 bridgehead atoms. The number of nitrogens with zero attached hydrogens (tertiary/aromatic N) is 1. The second kappa shape index (κ2) is 5.88. The summed E-state index contributed by atoms with van der Waals surface area (Å²) < 4.78 is 0.807. The van der Waals surface area contributed by atoms with Crippen LogP contribution in [0, 0.1) is 11.3 Å². The molecule has 1 rings (SSSR count). The molecule has 1 aromatic rings. The third-order valence-corrected chi connectivity index (χ3v) is 2.85. The molecule has 1 unspecified atom stereocenters. The molecule has 0 aliphatic carbocycles. The van der Waals surface area contributed by atoms with Crippen LogP contribution in [-0.4, -0.2) is 11.9 Å². The molecule has 0 fully saturated rings. The number of hydrogen-bond acceptors (Lipinski definition) is 2. The van der Waals surface area contributed by atoms with Crippen LogP contribution in [-0.2, 0) is 0 Å². The summed E-state index contributed by atoms with van der Waals surface area (Å²) in [4.78, 5) is 11.7. The first-order valence-electron chi connectivity index (χ1n) is 4.74. The molecule has 3 nitrogen and oxygen atoms in total. The molecule has 0 spiro atoms. The molecule has 84 valence electrons. The highest BCUT2D eigenvalue weighted by Gasteiger charge is 2.14. The van der Waals surface area contributed by atoms with E-state index in [1.54, 1.807) is 18.2 Å². The highest BCUT2D eigenvalue weighted by molar-refractivity contribution is 9.10. The maximum Gasteiger partial charge on any atom is 0.253 e. The number of nitriles is 1. The van der Waals surface area contributed by atoms with Crippen molar-refractivity contribution in [2.24, 2.45) is 0 Å². The fourth-order valence-corrected chi connectivity index (χ4v) is 1.89. The van der Waals surface area contributed by atoms with Gasteiger partial charge in [0.05, 0.1) is 16.7 Å². The maximum atomic E-state index is 11.7. The summed E-state index contributed by atoms with van der Waals surface area (Å²) in [5.41, 5.74) is 0.374. The van der Waals surface area contributed by atoms with E-state index in [1.807, 2.05) is 13.0 Å². The van der Waals surface area contributed by atoms with Crippen molar-refractivity contribution in [3.8, 4) is 6.07 Å². The van der Waals surface area contributed by atoms with Crippen molar-refractivity contribution in [1.82, 2.24) is 5.32 Å². The maximum absolute atomic E-state index is 11.7. The monoisotopic (exact) mass is 300 g/mol. The molecular formula is C11H10BrClN2O. The fraction of sp³-hybridized carbons (Fsp3) is 0.273. The number of rotatable bonds is 3. The second-order valence-electron chi connectivity index (χ2n) is 3.19. The Labute approximate surface area is 108 Å². The largest absolute Gasteiger partial charge is 0.336 e. The number of hydrogen-bond donors (Lipinski definition) is 1. The minimum absolute atomic E-state index is 0.328. The zero-order valence-electron chi connectivity index (χ0n) is 8.63. The Bertz CT molecular complexity index is 442. The second-order valence-corrected chi connectivity index (χ2v) is 4.51. The first kappa shape index (κ1) is 13.0. The summed E-state index contributed by atoms with van der Waals surface area (Å²) in [5.74, 6) is -0.328. The quantitative estimate of drug-likeness (QED) is 0.932. The number of halogens is 2. The molecule has 5 heteroatoms. The minimum Gasteiger partial charge on any atom is -0.336 e. The van der Waals surface area contributed by atoms with Gasteiger partial charge in [0.25, 0.3) is 5.91 Å². The molecule has 16 heavy (non-hydrogen) atoms. The van der Waals surface area contributed by atoms with Gasteiger partial charge in [0.1, 0.15) is 6.04 Å². The SMILES string of the molecule is CCC(C#N)NC(=O)c1ccc(Br)cc1Cl. The zero-order valence-corrected chi connectivity index (χ0v) is 11.0. The first-order valence-corrected chi connectivity index (χ1v) is 5.91. The number of nitrogens with one attached hydrogen (secondary N) is 1. The Morgan fingerprint density at radius 2 is 2.38 bits per heavy atom. The van der Waals surface area contributed by atoms with Gasteiger partial charge >= 0.3 is 0 Å². The molecule has 1 amide bonds. The Kier molecular flexibility index (Phi) is 4.78. The Morgan fingerprint density at radius 3 is 2.88 bits per heavy atom. The van der Waals surface area contributed by atoms with Crippen LogP contribution in [0.2, 0.25) is 5.02 Å². The Balaban J connectivity index is 2.85. The molecule has 0 saturated carbocycles. The average molecular weight is 302 g/mol. The molecule has 0 saturated heterocycles. The lowest BCUT2D eigenvalue weighted by Crippen LogP contribution is -2.33. The third kappa shape index (κ3) is 3.22. The average Bonchev–Trinajstić information content (AvgIpc) is 2.25. The lowest BCUT2D eigenvalue weighted by molar-refractivity contribution is 0.0945. The van der Waals surface area contributed by atoms with Gasteiger partial charge in [0.2, 0.25) is 0 Å². The highest BCUT2D eigenvalue weighted by atomic mass is 79.9. The smallest absolute Gasteiger partial charge is 0.253 e.